The predicted molar refractivity (Wildman–Crippen MR) is 82.0 cm³/mol. The van der Waals surface area contributed by atoms with Crippen LogP contribution in [-0.2, 0) is 4.79 Å². The zero-order chi connectivity index (χ0) is 14.6. The van der Waals surface area contributed by atoms with Crippen LogP contribution >= 0.6 is 0 Å². The van der Waals surface area contributed by atoms with E-state index < -0.39 is 5.97 Å². The molecule has 21 heavy (non-hydrogen) atoms. The van der Waals surface area contributed by atoms with Crippen molar-refractivity contribution >= 4 is 5.97 Å². The maximum absolute atomic E-state index is 11.0. The first-order valence-corrected chi connectivity index (χ1v) is 9.03. The molecule has 1 unspecified atom stereocenters. The maximum atomic E-state index is 11.0. The molecule has 0 aromatic carbocycles. The van der Waals surface area contributed by atoms with E-state index in [1.54, 1.807) is 0 Å². The number of carboxylic acids is 1. The Morgan fingerprint density at radius 2 is 1.67 bits per heavy atom. The molecule has 0 saturated heterocycles. The minimum Gasteiger partial charge on any atom is -0.481 e. The fourth-order valence-corrected chi connectivity index (χ4v) is 6.36. The van der Waals surface area contributed by atoms with Crippen molar-refractivity contribution in [1.82, 2.24) is 4.90 Å². The molecule has 0 aromatic rings. The molecule has 0 amide bonds. The highest BCUT2D eigenvalue weighted by atomic mass is 16.4. The van der Waals surface area contributed by atoms with Crippen LogP contribution in [0.25, 0.3) is 0 Å². The van der Waals surface area contributed by atoms with E-state index in [0.717, 1.165) is 24.3 Å². The summed E-state index contributed by atoms with van der Waals surface area (Å²) >= 11 is 0. The van der Waals surface area contributed by atoms with Crippen LogP contribution in [0.4, 0.5) is 0 Å². The smallest absolute Gasteiger partial charge is 0.304 e. The van der Waals surface area contributed by atoms with Crippen LogP contribution in [0.1, 0.15) is 64.7 Å². The Morgan fingerprint density at radius 1 is 1.14 bits per heavy atom. The zero-order valence-corrected chi connectivity index (χ0v) is 13.3. The molecule has 0 heterocycles. The number of carbonyl (C=O) groups is 1. The quantitative estimate of drug-likeness (QED) is 0.814. The molecular weight excluding hydrogens is 262 g/mol. The number of nitrogens with zero attached hydrogens (tertiary/aromatic N) is 1. The molecule has 5 aliphatic rings. The van der Waals surface area contributed by atoms with Gasteiger partial charge in [-0.2, -0.15) is 0 Å². The molecule has 5 rings (SSSR count). The predicted octanol–water partition coefficient (Wildman–Crippen LogP) is 3.53. The van der Waals surface area contributed by atoms with Crippen molar-refractivity contribution in [2.75, 3.05) is 6.54 Å². The summed E-state index contributed by atoms with van der Waals surface area (Å²) in [5.41, 5.74) is 0.524. The van der Waals surface area contributed by atoms with Crippen LogP contribution in [0.5, 0.6) is 0 Å². The van der Waals surface area contributed by atoms with E-state index in [9.17, 15) is 4.79 Å². The minimum absolute atomic E-state index is 0.313. The monoisotopic (exact) mass is 291 g/mol. The number of hydrogen-bond acceptors (Lipinski definition) is 2. The third kappa shape index (κ3) is 2.52. The van der Waals surface area contributed by atoms with Crippen molar-refractivity contribution in [3.05, 3.63) is 0 Å². The van der Waals surface area contributed by atoms with Crippen molar-refractivity contribution in [1.29, 1.82) is 0 Å². The van der Waals surface area contributed by atoms with Crippen molar-refractivity contribution in [3.63, 3.8) is 0 Å². The Morgan fingerprint density at radius 3 is 2.10 bits per heavy atom. The first-order valence-electron chi connectivity index (χ1n) is 9.03. The molecule has 0 aliphatic heterocycles. The third-order valence-electron chi connectivity index (χ3n) is 7.07. The minimum atomic E-state index is -0.640. The van der Waals surface area contributed by atoms with Gasteiger partial charge in [0.25, 0.3) is 0 Å². The first-order chi connectivity index (χ1) is 10.1. The van der Waals surface area contributed by atoms with Gasteiger partial charge in [-0.15, -0.1) is 0 Å². The van der Waals surface area contributed by atoms with E-state index in [0.29, 0.717) is 23.9 Å². The number of aliphatic carboxylic acids is 1. The number of rotatable bonds is 6. The van der Waals surface area contributed by atoms with Crippen molar-refractivity contribution in [2.24, 2.45) is 23.2 Å². The van der Waals surface area contributed by atoms with Gasteiger partial charge in [0.15, 0.2) is 0 Å². The molecule has 0 spiro atoms. The lowest BCUT2D eigenvalue weighted by Gasteiger charge is -2.60. The lowest BCUT2D eigenvalue weighted by Crippen LogP contribution is -2.56. The molecule has 3 heteroatoms. The first kappa shape index (κ1) is 14.0. The molecular formula is C18H29NO2. The Hall–Kier alpha value is -0.570. The molecule has 0 radical (unpaired) electrons. The van der Waals surface area contributed by atoms with Crippen molar-refractivity contribution in [3.8, 4) is 0 Å². The maximum Gasteiger partial charge on any atom is 0.304 e. The van der Waals surface area contributed by atoms with Crippen LogP contribution in [0.3, 0.4) is 0 Å². The van der Waals surface area contributed by atoms with E-state index in [1.165, 1.54) is 51.4 Å². The lowest BCUT2D eigenvalue weighted by molar-refractivity contribution is -0.138. The van der Waals surface area contributed by atoms with E-state index in [1.807, 2.05) is 0 Å². The Bertz CT molecular complexity index is 394. The summed E-state index contributed by atoms with van der Waals surface area (Å²) in [6, 6.07) is 1.28. The molecule has 5 saturated carbocycles. The van der Waals surface area contributed by atoms with Crippen LogP contribution in [0, 0.1) is 23.2 Å². The highest BCUT2D eigenvalue weighted by Gasteiger charge is 2.55. The second kappa shape index (κ2) is 4.97. The molecule has 0 aromatic heterocycles. The van der Waals surface area contributed by atoms with Gasteiger partial charge in [-0.25, -0.2) is 0 Å². The average Bonchev–Trinajstić information content (AvgIpc) is 3.21. The standard InChI is InChI=1S/C18H29NO2/c1-12(19(16-2-3-16)5-4-17(20)21)18-9-13-6-14(10-18)8-15(7-13)11-18/h12-16H,2-11H2,1H3,(H,20,21). The van der Waals surface area contributed by atoms with Crippen molar-refractivity contribution in [2.45, 2.75) is 76.8 Å². The molecule has 4 bridgehead atoms. The summed E-state index contributed by atoms with van der Waals surface area (Å²) < 4.78 is 0. The van der Waals surface area contributed by atoms with Gasteiger partial charge >= 0.3 is 5.97 Å². The fraction of sp³-hybridized carbons (Fsp3) is 0.944. The molecule has 1 atom stereocenters. The summed E-state index contributed by atoms with van der Waals surface area (Å²) in [5, 5.41) is 9.05. The van der Waals surface area contributed by atoms with Crippen molar-refractivity contribution < 1.29 is 9.90 Å². The van der Waals surface area contributed by atoms with Crippen LogP contribution in [-0.4, -0.2) is 34.6 Å². The van der Waals surface area contributed by atoms with Gasteiger partial charge in [0.1, 0.15) is 0 Å². The Labute approximate surface area is 128 Å². The van der Waals surface area contributed by atoms with Crippen LogP contribution in [0.15, 0.2) is 0 Å². The van der Waals surface area contributed by atoms with Gasteiger partial charge in [-0.3, -0.25) is 9.69 Å². The van der Waals surface area contributed by atoms with Gasteiger partial charge in [-0.1, -0.05) is 0 Å². The van der Waals surface area contributed by atoms with Crippen LogP contribution < -0.4 is 0 Å². The molecule has 5 aliphatic carbocycles. The number of hydrogen-bond donors (Lipinski definition) is 1. The van der Waals surface area contributed by atoms with E-state index >= 15 is 0 Å². The van der Waals surface area contributed by atoms with Gasteiger partial charge in [-0.05, 0) is 81.5 Å². The van der Waals surface area contributed by atoms with Gasteiger partial charge in [0, 0.05) is 18.6 Å². The van der Waals surface area contributed by atoms with E-state index in [2.05, 4.69) is 11.8 Å². The fourth-order valence-electron chi connectivity index (χ4n) is 6.36. The second-order valence-electron chi connectivity index (χ2n) is 8.57. The highest BCUT2D eigenvalue weighted by molar-refractivity contribution is 5.66. The largest absolute Gasteiger partial charge is 0.481 e. The second-order valence-corrected chi connectivity index (χ2v) is 8.57. The lowest BCUT2D eigenvalue weighted by atomic mass is 9.47. The zero-order valence-electron chi connectivity index (χ0n) is 13.3. The topological polar surface area (TPSA) is 40.5 Å². The summed E-state index contributed by atoms with van der Waals surface area (Å²) in [4.78, 5) is 13.6. The third-order valence-corrected chi connectivity index (χ3v) is 7.07. The summed E-state index contributed by atoms with van der Waals surface area (Å²) in [7, 11) is 0. The van der Waals surface area contributed by atoms with Gasteiger partial charge in [0.2, 0.25) is 0 Å². The summed E-state index contributed by atoms with van der Waals surface area (Å²) in [6.07, 6.45) is 11.6. The number of carboxylic acid groups (broad SMARTS) is 1. The summed E-state index contributed by atoms with van der Waals surface area (Å²) in [5.74, 6) is 2.32. The van der Waals surface area contributed by atoms with Crippen LogP contribution in [0.2, 0.25) is 0 Å². The SMILES string of the molecule is CC(N(CCC(=O)O)C1CC1)C12CC3CC(CC(C3)C1)C2. The van der Waals surface area contributed by atoms with E-state index in [-0.39, 0.29) is 0 Å². The average molecular weight is 291 g/mol. The molecule has 118 valence electrons. The van der Waals surface area contributed by atoms with Gasteiger partial charge in [0.05, 0.1) is 6.42 Å². The van der Waals surface area contributed by atoms with E-state index in [4.69, 9.17) is 5.11 Å². The summed E-state index contributed by atoms with van der Waals surface area (Å²) in [6.45, 7) is 3.19. The highest BCUT2D eigenvalue weighted by Crippen LogP contribution is 2.62. The Balaban J connectivity index is 1.52. The molecule has 3 nitrogen and oxygen atoms in total. The Kier molecular flexibility index (Phi) is 3.33. The normalized spacial score (nSPS) is 42.5. The molecule has 5 fully saturated rings. The van der Waals surface area contributed by atoms with Gasteiger partial charge < -0.3 is 5.11 Å². The molecule has 1 N–H and O–H groups in total.